The van der Waals surface area contributed by atoms with Gasteiger partial charge in [-0.05, 0) is 56.2 Å². The summed E-state index contributed by atoms with van der Waals surface area (Å²) in [4.78, 5) is 36.8. The minimum absolute atomic E-state index is 0.0321. The van der Waals surface area contributed by atoms with E-state index in [1.165, 1.54) is 48.5 Å². The van der Waals surface area contributed by atoms with Gasteiger partial charge in [0.15, 0.2) is 5.75 Å². The highest BCUT2D eigenvalue weighted by atomic mass is 16.6. The van der Waals surface area contributed by atoms with E-state index in [-0.39, 0.29) is 28.9 Å². The van der Waals surface area contributed by atoms with Crippen molar-refractivity contribution in [2.24, 2.45) is 4.99 Å². The number of aliphatic imine (C=N–C) groups is 1. The van der Waals surface area contributed by atoms with Crippen LogP contribution in [0, 0.1) is 10.1 Å². The topological polar surface area (TPSA) is 108 Å². The van der Waals surface area contributed by atoms with Crippen molar-refractivity contribution in [2.75, 3.05) is 0 Å². The van der Waals surface area contributed by atoms with Gasteiger partial charge in [0.25, 0.3) is 0 Å². The van der Waals surface area contributed by atoms with Crippen LogP contribution in [0.1, 0.15) is 56.3 Å². The molecule has 0 aliphatic heterocycles. The molecule has 2 aromatic rings. The van der Waals surface area contributed by atoms with Crippen LogP contribution in [-0.2, 0) is 4.79 Å². The summed E-state index contributed by atoms with van der Waals surface area (Å²) in [5, 5.41) is 11.5. The second kappa shape index (κ2) is 11.5. The lowest BCUT2D eigenvalue weighted by Crippen LogP contribution is -2.13. The summed E-state index contributed by atoms with van der Waals surface area (Å²) in [6, 6.07) is 9.85. The Kier molecular flexibility index (Phi) is 8.72. The van der Waals surface area contributed by atoms with Crippen LogP contribution in [0.4, 0.5) is 11.4 Å². The molecule has 0 aromatic heterocycles. The zero-order valence-electron chi connectivity index (χ0n) is 17.0. The van der Waals surface area contributed by atoms with Crippen LogP contribution in [0.25, 0.3) is 0 Å². The molecule has 0 N–H and O–H groups in total. The zero-order valence-corrected chi connectivity index (χ0v) is 17.0. The Morgan fingerprint density at radius 2 is 1.90 bits per heavy atom. The van der Waals surface area contributed by atoms with Crippen LogP contribution in [-0.4, -0.2) is 23.1 Å². The van der Waals surface area contributed by atoms with E-state index >= 15 is 0 Å². The van der Waals surface area contributed by atoms with E-state index in [0.717, 1.165) is 32.1 Å². The number of carbonyl (C=O) groups is 1. The molecule has 0 aliphatic carbocycles. The van der Waals surface area contributed by atoms with Gasteiger partial charge in [0.1, 0.15) is 5.75 Å². The molecule has 0 fully saturated rings. The number of nitro benzene ring substituents is 1. The van der Waals surface area contributed by atoms with Crippen LogP contribution in [0.3, 0.4) is 0 Å². The van der Waals surface area contributed by atoms with Gasteiger partial charge in [-0.25, -0.2) is 9.59 Å². The lowest BCUT2D eigenvalue weighted by molar-refractivity contribution is -0.386. The second-order valence-corrected chi connectivity index (χ2v) is 6.80. The molecule has 0 radical (unpaired) electrons. The van der Waals surface area contributed by atoms with Crippen molar-refractivity contribution >= 4 is 23.4 Å². The van der Waals surface area contributed by atoms with E-state index in [2.05, 4.69) is 11.9 Å². The highest BCUT2D eigenvalue weighted by Gasteiger charge is 2.20. The molecule has 0 heterocycles. The van der Waals surface area contributed by atoms with Crippen LogP contribution >= 0.6 is 0 Å². The van der Waals surface area contributed by atoms with Gasteiger partial charge in [0.05, 0.1) is 28.3 Å². The van der Waals surface area contributed by atoms with E-state index in [1.54, 1.807) is 0 Å². The van der Waals surface area contributed by atoms with Gasteiger partial charge in [0, 0.05) is 0 Å². The highest BCUT2D eigenvalue weighted by molar-refractivity contribution is 5.91. The van der Waals surface area contributed by atoms with Gasteiger partial charge in [-0.15, -0.1) is 0 Å². The fourth-order valence-corrected chi connectivity index (χ4v) is 2.83. The summed E-state index contributed by atoms with van der Waals surface area (Å²) >= 11 is 0. The summed E-state index contributed by atoms with van der Waals surface area (Å²) < 4.78 is 11.0. The Labute approximate surface area is 174 Å². The Balaban J connectivity index is 2.07. The molecule has 2 rings (SSSR count). The fourth-order valence-electron chi connectivity index (χ4n) is 2.83. The minimum atomic E-state index is -0.691. The molecule has 0 amide bonds. The average molecular weight is 412 g/mol. The molecule has 0 saturated heterocycles. The zero-order chi connectivity index (χ0) is 21.9. The molecule has 0 aliphatic rings. The van der Waals surface area contributed by atoms with Crippen LogP contribution in [0.5, 0.6) is 11.5 Å². The summed E-state index contributed by atoms with van der Waals surface area (Å²) in [6.07, 6.45) is 6.43. The first-order valence-electron chi connectivity index (χ1n) is 9.79. The van der Waals surface area contributed by atoms with Crippen LogP contribution < -0.4 is 9.47 Å². The van der Waals surface area contributed by atoms with Crippen LogP contribution in [0.15, 0.2) is 47.5 Å². The monoisotopic (exact) mass is 412 g/mol. The molecule has 0 saturated carbocycles. The SMILES string of the molecule is CCCCCC[C@@H](C)Oc1ccc(OC(=O)c2ccc(N=C=O)cc2)cc1[N+](=O)[O-]. The molecule has 0 bridgehead atoms. The van der Waals surface area contributed by atoms with E-state index in [4.69, 9.17) is 9.47 Å². The Hall–Kier alpha value is -3.51. The molecule has 0 spiro atoms. The second-order valence-electron chi connectivity index (χ2n) is 6.80. The lowest BCUT2D eigenvalue weighted by Gasteiger charge is -2.15. The summed E-state index contributed by atoms with van der Waals surface area (Å²) in [5.74, 6) is -0.521. The van der Waals surface area contributed by atoms with Gasteiger partial charge in [-0.3, -0.25) is 10.1 Å². The van der Waals surface area contributed by atoms with E-state index in [0.29, 0.717) is 5.69 Å². The van der Waals surface area contributed by atoms with Crippen molar-refractivity contribution in [3.05, 3.63) is 58.1 Å². The predicted octanol–water partition coefficient (Wildman–Crippen LogP) is 5.52. The molecule has 8 heteroatoms. The maximum atomic E-state index is 12.3. The summed E-state index contributed by atoms with van der Waals surface area (Å²) in [5.41, 5.74) is 0.294. The molecule has 30 heavy (non-hydrogen) atoms. The fraction of sp³-hybridized carbons (Fsp3) is 0.364. The normalized spacial score (nSPS) is 11.3. The first-order chi connectivity index (χ1) is 14.4. The van der Waals surface area contributed by atoms with Crippen molar-refractivity contribution in [1.29, 1.82) is 0 Å². The van der Waals surface area contributed by atoms with Crippen molar-refractivity contribution < 1.29 is 24.0 Å². The number of unbranched alkanes of at least 4 members (excludes halogenated alkanes) is 3. The number of esters is 1. The summed E-state index contributed by atoms with van der Waals surface area (Å²) in [7, 11) is 0. The van der Waals surface area contributed by atoms with Gasteiger partial charge in [-0.2, -0.15) is 4.99 Å². The van der Waals surface area contributed by atoms with Gasteiger partial charge < -0.3 is 9.47 Å². The number of rotatable bonds is 11. The number of hydrogen-bond donors (Lipinski definition) is 0. The maximum absolute atomic E-state index is 12.3. The third kappa shape index (κ3) is 6.83. The third-order valence-electron chi connectivity index (χ3n) is 4.41. The average Bonchev–Trinajstić information content (AvgIpc) is 2.73. The Morgan fingerprint density at radius 3 is 2.53 bits per heavy atom. The molecule has 158 valence electrons. The molecular formula is C22H24N2O6. The molecular weight excluding hydrogens is 388 g/mol. The van der Waals surface area contributed by atoms with Crippen LogP contribution in [0.2, 0.25) is 0 Å². The largest absolute Gasteiger partial charge is 0.484 e. The van der Waals surface area contributed by atoms with E-state index in [9.17, 15) is 19.7 Å². The number of nitro groups is 1. The summed E-state index contributed by atoms with van der Waals surface area (Å²) in [6.45, 7) is 4.01. The number of nitrogens with zero attached hydrogens (tertiary/aromatic N) is 2. The predicted molar refractivity (Wildman–Crippen MR) is 111 cm³/mol. The minimum Gasteiger partial charge on any atom is -0.484 e. The molecule has 0 unspecified atom stereocenters. The van der Waals surface area contributed by atoms with Crippen molar-refractivity contribution in [2.45, 2.75) is 52.1 Å². The first kappa shape index (κ1) is 22.8. The maximum Gasteiger partial charge on any atom is 0.343 e. The van der Waals surface area contributed by atoms with Gasteiger partial charge in [-0.1, -0.05) is 26.2 Å². The van der Waals surface area contributed by atoms with Crippen molar-refractivity contribution in [1.82, 2.24) is 0 Å². The molecule has 2 aromatic carbocycles. The van der Waals surface area contributed by atoms with E-state index in [1.807, 2.05) is 6.92 Å². The van der Waals surface area contributed by atoms with Gasteiger partial charge in [0.2, 0.25) is 6.08 Å². The highest BCUT2D eigenvalue weighted by Crippen LogP contribution is 2.32. The van der Waals surface area contributed by atoms with Crippen molar-refractivity contribution in [3.8, 4) is 11.5 Å². The number of isocyanates is 1. The molecule has 1 atom stereocenters. The number of hydrogen-bond acceptors (Lipinski definition) is 7. The third-order valence-corrected chi connectivity index (χ3v) is 4.41. The number of carbonyl (C=O) groups excluding carboxylic acids is 2. The smallest absolute Gasteiger partial charge is 0.343 e. The van der Waals surface area contributed by atoms with E-state index < -0.39 is 10.9 Å². The Morgan fingerprint density at radius 1 is 1.17 bits per heavy atom. The lowest BCUT2D eigenvalue weighted by atomic mass is 10.1. The Bertz CT molecular complexity index is 920. The number of benzene rings is 2. The quantitative estimate of drug-likeness (QED) is 0.0914. The molecule has 8 nitrogen and oxygen atoms in total. The first-order valence-corrected chi connectivity index (χ1v) is 9.79. The van der Waals surface area contributed by atoms with Crippen molar-refractivity contribution in [3.63, 3.8) is 0 Å². The number of ether oxygens (including phenoxy) is 2. The standard InChI is InChI=1S/C22H24N2O6/c1-3-4-5-6-7-16(2)29-21-13-12-19(14-20(21)24(27)28)30-22(26)17-8-10-18(11-9-17)23-15-25/h8-14,16H,3-7H2,1-2H3/t16-/m1/s1. The van der Waals surface area contributed by atoms with Gasteiger partial charge >= 0.3 is 11.7 Å².